The summed E-state index contributed by atoms with van der Waals surface area (Å²) in [4.78, 5) is 0. The highest BCUT2D eigenvalue weighted by molar-refractivity contribution is 9.10. The minimum atomic E-state index is 1.10. The Balaban J connectivity index is 2.25. The Labute approximate surface area is 98.3 Å². The van der Waals surface area contributed by atoms with Crippen molar-refractivity contribution in [3.63, 3.8) is 0 Å². The highest BCUT2D eigenvalue weighted by Gasteiger charge is 1.96. The Bertz CT molecular complexity index is 431. The molecule has 0 radical (unpaired) electrons. The van der Waals surface area contributed by atoms with Crippen LogP contribution in [0.25, 0.3) is 0 Å². The summed E-state index contributed by atoms with van der Waals surface area (Å²) >= 11 is 3.49. The molecular formula is C13H12BrN. The van der Waals surface area contributed by atoms with Crippen LogP contribution < -0.4 is 5.32 Å². The first-order chi connectivity index (χ1) is 7.24. The lowest BCUT2D eigenvalue weighted by molar-refractivity contribution is 1.43. The maximum Gasteiger partial charge on any atom is 0.0398 e. The molecule has 0 aliphatic carbocycles. The molecule has 15 heavy (non-hydrogen) atoms. The van der Waals surface area contributed by atoms with Crippen molar-refractivity contribution < 1.29 is 0 Å². The fourth-order valence-corrected chi connectivity index (χ4v) is 2.10. The second-order valence-electron chi connectivity index (χ2n) is 3.51. The van der Waals surface area contributed by atoms with Crippen molar-refractivity contribution in [3.05, 3.63) is 58.6 Å². The van der Waals surface area contributed by atoms with Crippen LogP contribution >= 0.6 is 15.9 Å². The third-order valence-corrected chi connectivity index (χ3v) is 2.56. The average molecular weight is 262 g/mol. The monoisotopic (exact) mass is 261 g/mol. The molecule has 0 saturated heterocycles. The molecule has 1 N–H and O–H groups in total. The third-order valence-electron chi connectivity index (χ3n) is 2.10. The molecule has 0 aromatic heterocycles. The van der Waals surface area contributed by atoms with Crippen molar-refractivity contribution in [1.29, 1.82) is 0 Å². The zero-order valence-electron chi connectivity index (χ0n) is 8.50. The SMILES string of the molecule is Cc1cc(Br)cc(Nc2ccccc2)c1. The van der Waals surface area contributed by atoms with E-state index >= 15 is 0 Å². The zero-order chi connectivity index (χ0) is 10.7. The van der Waals surface area contributed by atoms with Crippen molar-refractivity contribution in [2.45, 2.75) is 6.92 Å². The van der Waals surface area contributed by atoms with E-state index in [1.54, 1.807) is 0 Å². The van der Waals surface area contributed by atoms with Gasteiger partial charge in [0.2, 0.25) is 0 Å². The summed E-state index contributed by atoms with van der Waals surface area (Å²) in [5.41, 5.74) is 3.45. The highest BCUT2D eigenvalue weighted by Crippen LogP contribution is 2.22. The Kier molecular flexibility index (Phi) is 3.07. The second-order valence-corrected chi connectivity index (χ2v) is 4.42. The molecule has 2 rings (SSSR count). The molecular weight excluding hydrogens is 250 g/mol. The van der Waals surface area contributed by atoms with Gasteiger partial charge in [0.15, 0.2) is 0 Å². The van der Waals surface area contributed by atoms with E-state index in [2.05, 4.69) is 58.5 Å². The van der Waals surface area contributed by atoms with Crippen LogP contribution in [0, 0.1) is 6.92 Å². The predicted molar refractivity (Wildman–Crippen MR) is 68.6 cm³/mol. The van der Waals surface area contributed by atoms with Gasteiger partial charge in [0.05, 0.1) is 0 Å². The summed E-state index contributed by atoms with van der Waals surface area (Å²) < 4.78 is 1.10. The number of rotatable bonds is 2. The summed E-state index contributed by atoms with van der Waals surface area (Å²) in [5, 5.41) is 3.36. The molecule has 76 valence electrons. The van der Waals surface area contributed by atoms with Gasteiger partial charge < -0.3 is 5.32 Å². The Morgan fingerprint density at radius 2 is 1.67 bits per heavy atom. The van der Waals surface area contributed by atoms with Crippen LogP contribution in [-0.4, -0.2) is 0 Å². The summed E-state index contributed by atoms with van der Waals surface area (Å²) in [5.74, 6) is 0. The van der Waals surface area contributed by atoms with Gasteiger partial charge in [-0.3, -0.25) is 0 Å². The Hall–Kier alpha value is -1.28. The van der Waals surface area contributed by atoms with Gasteiger partial charge in [-0.15, -0.1) is 0 Å². The molecule has 0 amide bonds. The van der Waals surface area contributed by atoms with E-state index in [1.807, 2.05) is 18.2 Å². The van der Waals surface area contributed by atoms with E-state index in [9.17, 15) is 0 Å². The number of nitrogens with one attached hydrogen (secondary N) is 1. The van der Waals surface area contributed by atoms with E-state index in [0.29, 0.717) is 0 Å². The minimum Gasteiger partial charge on any atom is -0.355 e. The van der Waals surface area contributed by atoms with Gasteiger partial charge >= 0.3 is 0 Å². The van der Waals surface area contributed by atoms with E-state index < -0.39 is 0 Å². The number of para-hydroxylation sites is 1. The van der Waals surface area contributed by atoms with Crippen molar-refractivity contribution in [2.75, 3.05) is 5.32 Å². The first kappa shape index (κ1) is 10.2. The summed E-state index contributed by atoms with van der Waals surface area (Å²) in [6.07, 6.45) is 0. The maximum absolute atomic E-state index is 3.49. The Morgan fingerprint density at radius 1 is 0.933 bits per heavy atom. The van der Waals surface area contributed by atoms with Crippen LogP contribution in [0.5, 0.6) is 0 Å². The highest BCUT2D eigenvalue weighted by atomic mass is 79.9. The smallest absolute Gasteiger partial charge is 0.0398 e. The van der Waals surface area contributed by atoms with Gasteiger partial charge in [-0.25, -0.2) is 0 Å². The molecule has 2 aromatic carbocycles. The van der Waals surface area contributed by atoms with Crippen LogP contribution in [-0.2, 0) is 0 Å². The predicted octanol–water partition coefficient (Wildman–Crippen LogP) is 4.50. The standard InChI is InChI=1S/C13H12BrN/c1-10-7-11(14)9-13(8-10)15-12-5-3-2-4-6-12/h2-9,15H,1H3. The summed E-state index contributed by atoms with van der Waals surface area (Å²) in [7, 11) is 0. The fourth-order valence-electron chi connectivity index (χ4n) is 1.50. The largest absolute Gasteiger partial charge is 0.355 e. The van der Waals surface area contributed by atoms with Crippen molar-refractivity contribution in [2.24, 2.45) is 0 Å². The minimum absolute atomic E-state index is 1.10. The van der Waals surface area contributed by atoms with Crippen LogP contribution in [0.1, 0.15) is 5.56 Å². The van der Waals surface area contributed by atoms with Gasteiger partial charge in [-0.2, -0.15) is 0 Å². The Morgan fingerprint density at radius 3 is 2.33 bits per heavy atom. The van der Waals surface area contributed by atoms with E-state index in [0.717, 1.165) is 15.8 Å². The molecule has 2 heteroatoms. The van der Waals surface area contributed by atoms with Crippen molar-refractivity contribution >= 4 is 27.3 Å². The molecule has 0 bridgehead atoms. The van der Waals surface area contributed by atoms with Crippen molar-refractivity contribution in [3.8, 4) is 0 Å². The number of halogens is 1. The average Bonchev–Trinajstić information content (AvgIpc) is 2.17. The fraction of sp³-hybridized carbons (Fsp3) is 0.0769. The van der Waals surface area contributed by atoms with E-state index in [4.69, 9.17) is 0 Å². The van der Waals surface area contributed by atoms with Crippen LogP contribution in [0.2, 0.25) is 0 Å². The molecule has 1 nitrogen and oxygen atoms in total. The summed E-state index contributed by atoms with van der Waals surface area (Å²) in [6.45, 7) is 2.08. The van der Waals surface area contributed by atoms with E-state index in [1.165, 1.54) is 5.56 Å². The number of benzene rings is 2. The molecule has 2 aromatic rings. The van der Waals surface area contributed by atoms with Crippen molar-refractivity contribution in [1.82, 2.24) is 0 Å². The van der Waals surface area contributed by atoms with Crippen LogP contribution in [0.15, 0.2) is 53.0 Å². The topological polar surface area (TPSA) is 12.0 Å². The molecule has 0 atom stereocenters. The molecule has 0 aliphatic heterocycles. The van der Waals surface area contributed by atoms with Crippen LogP contribution in [0.3, 0.4) is 0 Å². The second kappa shape index (κ2) is 4.49. The zero-order valence-corrected chi connectivity index (χ0v) is 10.1. The number of aryl methyl sites for hydroxylation is 1. The van der Waals surface area contributed by atoms with Gasteiger partial charge in [0, 0.05) is 15.8 Å². The first-order valence-electron chi connectivity index (χ1n) is 4.83. The lowest BCUT2D eigenvalue weighted by Crippen LogP contribution is -1.90. The van der Waals surface area contributed by atoms with Gasteiger partial charge in [0.1, 0.15) is 0 Å². The molecule has 0 saturated carbocycles. The molecule has 0 heterocycles. The van der Waals surface area contributed by atoms with Gasteiger partial charge in [-0.1, -0.05) is 34.1 Å². The van der Waals surface area contributed by atoms with Gasteiger partial charge in [0.25, 0.3) is 0 Å². The first-order valence-corrected chi connectivity index (χ1v) is 5.62. The number of anilines is 2. The normalized spacial score (nSPS) is 10.0. The van der Waals surface area contributed by atoms with Crippen LogP contribution in [0.4, 0.5) is 11.4 Å². The lowest BCUT2D eigenvalue weighted by atomic mass is 10.2. The lowest BCUT2D eigenvalue weighted by Gasteiger charge is -2.07. The summed E-state index contributed by atoms with van der Waals surface area (Å²) in [6, 6.07) is 16.4. The number of hydrogen-bond donors (Lipinski definition) is 1. The van der Waals surface area contributed by atoms with Gasteiger partial charge in [-0.05, 0) is 42.8 Å². The quantitative estimate of drug-likeness (QED) is 0.840. The van der Waals surface area contributed by atoms with E-state index in [-0.39, 0.29) is 0 Å². The molecule has 0 spiro atoms. The third kappa shape index (κ3) is 2.83. The number of hydrogen-bond acceptors (Lipinski definition) is 1. The molecule has 0 fully saturated rings. The molecule has 0 unspecified atom stereocenters. The molecule has 0 aliphatic rings. The maximum atomic E-state index is 3.49.